The van der Waals surface area contributed by atoms with Crippen LogP contribution in [0, 0.1) is 0 Å². The maximum atomic E-state index is 12.2. The number of carbonyl (C=O) groups excluding carboxylic acids is 1. The lowest BCUT2D eigenvalue weighted by Crippen LogP contribution is -1.96. The molecule has 134 valence electrons. The molecular weight excluding hydrogens is 428 g/mol. The standard InChI is InChI=1S/C19H13BrN4O2S/c20-12-6-7-14-13(9-12)18(19(26)22-14)24-23-16(25)10-27-15-5-1-3-11-4-2-8-21-17(11)15/h1-9,22,26H,10H2. The number of pyridine rings is 1. The number of rotatable bonds is 4. The highest BCUT2D eigenvalue weighted by Gasteiger charge is 2.12. The second-order valence-electron chi connectivity index (χ2n) is 5.73. The Morgan fingerprint density at radius 2 is 2.07 bits per heavy atom. The summed E-state index contributed by atoms with van der Waals surface area (Å²) in [4.78, 5) is 20.3. The fraction of sp³-hybridized carbons (Fsp3) is 0.0526. The van der Waals surface area contributed by atoms with Gasteiger partial charge in [-0.2, -0.15) is 0 Å². The lowest BCUT2D eigenvalue weighted by molar-refractivity contribution is -0.115. The molecule has 2 aromatic heterocycles. The summed E-state index contributed by atoms with van der Waals surface area (Å²) < 4.78 is 0.843. The molecule has 0 radical (unpaired) electrons. The van der Waals surface area contributed by atoms with Gasteiger partial charge in [0.1, 0.15) is 0 Å². The summed E-state index contributed by atoms with van der Waals surface area (Å²) >= 11 is 4.74. The van der Waals surface area contributed by atoms with E-state index < -0.39 is 5.91 Å². The van der Waals surface area contributed by atoms with Crippen molar-refractivity contribution in [2.24, 2.45) is 10.2 Å². The second-order valence-corrected chi connectivity index (χ2v) is 7.66. The molecule has 0 bridgehead atoms. The number of halogens is 1. The van der Waals surface area contributed by atoms with Gasteiger partial charge in [0, 0.05) is 26.3 Å². The Morgan fingerprint density at radius 3 is 2.96 bits per heavy atom. The van der Waals surface area contributed by atoms with Crippen LogP contribution >= 0.6 is 27.7 Å². The number of hydrogen-bond acceptors (Lipinski definition) is 5. The normalized spacial score (nSPS) is 11.6. The lowest BCUT2D eigenvalue weighted by Gasteiger charge is -2.03. The van der Waals surface area contributed by atoms with Crippen LogP contribution in [0.1, 0.15) is 0 Å². The van der Waals surface area contributed by atoms with Gasteiger partial charge in [-0.25, -0.2) is 0 Å². The van der Waals surface area contributed by atoms with Gasteiger partial charge in [0.05, 0.1) is 16.8 Å². The number of fused-ring (bicyclic) bond motifs is 2. The number of H-pyrrole nitrogens is 1. The Labute approximate surface area is 166 Å². The summed E-state index contributed by atoms with van der Waals surface area (Å²) in [5.41, 5.74) is 1.82. The van der Waals surface area contributed by atoms with Crippen molar-refractivity contribution in [2.75, 3.05) is 5.75 Å². The summed E-state index contributed by atoms with van der Waals surface area (Å²) in [6.45, 7) is 0. The van der Waals surface area contributed by atoms with E-state index in [2.05, 4.69) is 36.1 Å². The molecule has 0 saturated heterocycles. The van der Waals surface area contributed by atoms with E-state index in [0.29, 0.717) is 10.9 Å². The van der Waals surface area contributed by atoms with Crippen molar-refractivity contribution in [1.29, 1.82) is 0 Å². The number of hydrogen-bond donors (Lipinski definition) is 2. The van der Waals surface area contributed by atoms with Crippen LogP contribution < -0.4 is 0 Å². The third-order valence-electron chi connectivity index (χ3n) is 3.92. The fourth-order valence-corrected chi connectivity index (χ4v) is 3.88. The first kappa shape index (κ1) is 17.7. The Morgan fingerprint density at radius 1 is 1.22 bits per heavy atom. The van der Waals surface area contributed by atoms with Gasteiger partial charge in [0.15, 0.2) is 5.69 Å². The minimum absolute atomic E-state index is 0.120. The van der Waals surface area contributed by atoms with Crippen LogP contribution in [0.4, 0.5) is 5.69 Å². The Bertz CT molecular complexity index is 1180. The predicted molar refractivity (Wildman–Crippen MR) is 110 cm³/mol. The van der Waals surface area contributed by atoms with Gasteiger partial charge >= 0.3 is 0 Å². The molecule has 0 unspecified atom stereocenters. The van der Waals surface area contributed by atoms with Crippen molar-refractivity contribution in [1.82, 2.24) is 9.97 Å². The zero-order valence-electron chi connectivity index (χ0n) is 13.9. The largest absolute Gasteiger partial charge is 0.493 e. The summed E-state index contributed by atoms with van der Waals surface area (Å²) in [6, 6.07) is 15.1. The number of carbonyl (C=O) groups is 1. The molecule has 0 atom stereocenters. The van der Waals surface area contributed by atoms with Crippen molar-refractivity contribution in [2.45, 2.75) is 4.90 Å². The van der Waals surface area contributed by atoms with Gasteiger partial charge in [-0.15, -0.1) is 22.0 Å². The first-order valence-electron chi connectivity index (χ1n) is 8.03. The van der Waals surface area contributed by atoms with E-state index in [0.717, 1.165) is 20.3 Å². The highest BCUT2D eigenvalue weighted by Crippen LogP contribution is 2.37. The van der Waals surface area contributed by atoms with Crippen LogP contribution in [-0.4, -0.2) is 26.7 Å². The maximum absolute atomic E-state index is 12.2. The number of nitrogens with one attached hydrogen (secondary N) is 1. The zero-order chi connectivity index (χ0) is 18.8. The van der Waals surface area contributed by atoms with Crippen LogP contribution in [-0.2, 0) is 4.79 Å². The van der Waals surface area contributed by atoms with Crippen molar-refractivity contribution in [3.63, 3.8) is 0 Å². The topological polar surface area (TPSA) is 90.7 Å². The Balaban J connectivity index is 1.51. The number of benzene rings is 2. The van der Waals surface area contributed by atoms with E-state index in [1.54, 1.807) is 12.3 Å². The van der Waals surface area contributed by atoms with Crippen LogP contribution in [0.3, 0.4) is 0 Å². The SMILES string of the molecule is O=C(CSc1cccc2cccnc12)N=Nc1c(O)[nH]c2ccc(Br)cc12. The number of amides is 1. The van der Waals surface area contributed by atoms with E-state index in [1.807, 2.05) is 42.5 Å². The number of aromatic nitrogens is 2. The summed E-state index contributed by atoms with van der Waals surface area (Å²) in [5, 5.41) is 19.4. The number of aromatic amines is 1. The van der Waals surface area contributed by atoms with E-state index >= 15 is 0 Å². The van der Waals surface area contributed by atoms with Gasteiger partial charge in [0.2, 0.25) is 5.88 Å². The molecule has 4 aromatic rings. The van der Waals surface area contributed by atoms with Crippen molar-refractivity contribution in [3.8, 4) is 5.88 Å². The molecular formula is C19H13BrN4O2S. The van der Waals surface area contributed by atoms with E-state index in [9.17, 15) is 9.90 Å². The highest BCUT2D eigenvalue weighted by molar-refractivity contribution is 9.10. The highest BCUT2D eigenvalue weighted by atomic mass is 79.9. The predicted octanol–water partition coefficient (Wildman–Crippen LogP) is 5.59. The maximum Gasteiger partial charge on any atom is 0.274 e. The van der Waals surface area contributed by atoms with Crippen LogP contribution in [0.2, 0.25) is 0 Å². The molecule has 6 nitrogen and oxygen atoms in total. The van der Waals surface area contributed by atoms with Gasteiger partial charge < -0.3 is 10.1 Å². The van der Waals surface area contributed by atoms with Gasteiger partial charge in [-0.05, 0) is 30.3 Å². The Hall–Kier alpha value is -2.71. The summed E-state index contributed by atoms with van der Waals surface area (Å²) in [5.74, 6) is -0.381. The number of aromatic hydroxyl groups is 1. The number of nitrogens with zero attached hydrogens (tertiary/aromatic N) is 3. The zero-order valence-corrected chi connectivity index (χ0v) is 16.3. The van der Waals surface area contributed by atoms with Crippen LogP contribution in [0.25, 0.3) is 21.8 Å². The lowest BCUT2D eigenvalue weighted by atomic mass is 10.2. The van der Waals surface area contributed by atoms with Crippen molar-refractivity contribution >= 4 is 61.1 Å². The molecule has 2 aromatic carbocycles. The van der Waals surface area contributed by atoms with Crippen molar-refractivity contribution < 1.29 is 9.90 Å². The molecule has 0 aliphatic carbocycles. The smallest absolute Gasteiger partial charge is 0.274 e. The monoisotopic (exact) mass is 440 g/mol. The van der Waals surface area contributed by atoms with Crippen LogP contribution in [0.5, 0.6) is 5.88 Å². The van der Waals surface area contributed by atoms with E-state index in [4.69, 9.17) is 0 Å². The molecule has 4 rings (SSSR count). The minimum Gasteiger partial charge on any atom is -0.493 e. The van der Waals surface area contributed by atoms with E-state index in [1.165, 1.54) is 11.8 Å². The first-order valence-corrected chi connectivity index (χ1v) is 9.81. The molecule has 0 spiro atoms. The fourth-order valence-electron chi connectivity index (χ4n) is 2.70. The van der Waals surface area contributed by atoms with Gasteiger partial charge in [0.25, 0.3) is 5.91 Å². The molecule has 2 heterocycles. The van der Waals surface area contributed by atoms with Gasteiger partial charge in [-0.1, -0.05) is 34.1 Å². The van der Waals surface area contributed by atoms with Crippen LogP contribution in [0.15, 0.2) is 74.3 Å². The van der Waals surface area contributed by atoms with Crippen molar-refractivity contribution in [3.05, 3.63) is 59.2 Å². The molecule has 27 heavy (non-hydrogen) atoms. The second kappa shape index (κ2) is 7.50. The minimum atomic E-state index is -0.392. The number of azo groups is 1. The molecule has 8 heteroatoms. The Kier molecular flexibility index (Phi) is 4.91. The molecule has 0 fully saturated rings. The quantitative estimate of drug-likeness (QED) is 0.319. The number of para-hydroxylation sites is 1. The molecule has 0 aliphatic rings. The summed E-state index contributed by atoms with van der Waals surface area (Å²) in [7, 11) is 0. The average Bonchev–Trinajstić information content (AvgIpc) is 2.99. The molecule has 1 amide bonds. The molecule has 0 aliphatic heterocycles. The van der Waals surface area contributed by atoms with Gasteiger partial charge in [-0.3, -0.25) is 9.78 Å². The number of thioether (sulfide) groups is 1. The first-order chi connectivity index (χ1) is 13.1. The third kappa shape index (κ3) is 3.72. The molecule has 0 saturated carbocycles. The van der Waals surface area contributed by atoms with E-state index in [-0.39, 0.29) is 17.3 Å². The molecule has 2 N–H and O–H groups in total. The third-order valence-corrected chi connectivity index (χ3v) is 5.45. The average molecular weight is 441 g/mol. The summed E-state index contributed by atoms with van der Waals surface area (Å²) in [6.07, 6.45) is 1.73.